The molecule has 0 aliphatic carbocycles. The van der Waals surface area contributed by atoms with Gasteiger partial charge in [-0.3, -0.25) is 0 Å². The summed E-state index contributed by atoms with van der Waals surface area (Å²) in [6.45, 7) is 2.43. The maximum absolute atomic E-state index is 10.0. The first-order valence-electron chi connectivity index (χ1n) is 5.23. The van der Waals surface area contributed by atoms with E-state index in [2.05, 4.69) is 4.98 Å². The lowest BCUT2D eigenvalue weighted by Gasteiger charge is -2.22. The Kier molecular flexibility index (Phi) is 4.29. The molecule has 0 radical (unpaired) electrons. The van der Waals surface area contributed by atoms with Gasteiger partial charge in [-0.2, -0.15) is 0 Å². The van der Waals surface area contributed by atoms with Crippen LogP contribution in [0.1, 0.15) is 25.6 Å². The van der Waals surface area contributed by atoms with Gasteiger partial charge in [-0.05, 0) is 19.8 Å². The Bertz CT molecular complexity index is 295. The normalized spacial score (nSPS) is 15.2. The second kappa shape index (κ2) is 5.28. The summed E-state index contributed by atoms with van der Waals surface area (Å²) >= 11 is 0. The summed E-state index contributed by atoms with van der Waals surface area (Å²) < 4.78 is 6.94. The summed E-state index contributed by atoms with van der Waals surface area (Å²) in [5.41, 5.74) is -0.665. The van der Waals surface area contributed by atoms with Crippen LogP contribution in [-0.4, -0.2) is 34.0 Å². The van der Waals surface area contributed by atoms with Crippen LogP contribution in [0.15, 0.2) is 12.4 Å². The Morgan fingerprint density at radius 2 is 2.27 bits per heavy atom. The maximum Gasteiger partial charge on any atom is 0.108 e. The van der Waals surface area contributed by atoms with Crippen LogP contribution in [0, 0.1) is 0 Å². The Hall–Kier alpha value is -0.870. The molecule has 1 N–H and O–H groups in total. The molecule has 1 rings (SSSR count). The Morgan fingerprint density at radius 1 is 1.53 bits per heavy atom. The largest absolute Gasteiger partial charge is 0.390 e. The topological polar surface area (TPSA) is 47.3 Å². The number of aromatic nitrogens is 2. The molecule has 0 aliphatic heterocycles. The van der Waals surface area contributed by atoms with E-state index in [1.165, 1.54) is 0 Å². The predicted octanol–water partition coefficient (Wildman–Crippen LogP) is 1.14. The fraction of sp³-hybridized carbons (Fsp3) is 0.727. The highest BCUT2D eigenvalue weighted by atomic mass is 16.5. The second-order valence-electron chi connectivity index (χ2n) is 4.19. The zero-order valence-electron chi connectivity index (χ0n) is 9.73. The number of hydrogen-bond acceptors (Lipinski definition) is 3. The van der Waals surface area contributed by atoms with Gasteiger partial charge < -0.3 is 14.4 Å². The molecular formula is C11H20N2O2. The van der Waals surface area contributed by atoms with Gasteiger partial charge in [0.2, 0.25) is 0 Å². The van der Waals surface area contributed by atoms with Crippen LogP contribution >= 0.6 is 0 Å². The van der Waals surface area contributed by atoms with Gasteiger partial charge in [0.25, 0.3) is 0 Å². The van der Waals surface area contributed by atoms with Crippen molar-refractivity contribution < 1.29 is 9.84 Å². The minimum Gasteiger partial charge on any atom is -0.390 e. The first-order valence-corrected chi connectivity index (χ1v) is 5.23. The average molecular weight is 212 g/mol. The first kappa shape index (κ1) is 12.2. The molecule has 1 aromatic heterocycles. The lowest BCUT2D eigenvalue weighted by molar-refractivity contribution is 0.0171. The standard InChI is InChI=1S/C11H20N2O2/c1-11(14,6-9-15-3)5-4-10-12-7-8-13(10)2/h7-8,14H,4-6,9H2,1-3H3. The van der Waals surface area contributed by atoms with Gasteiger partial charge in [-0.15, -0.1) is 0 Å². The Balaban J connectivity index is 2.39. The molecule has 4 nitrogen and oxygen atoms in total. The van der Waals surface area contributed by atoms with Gasteiger partial charge in [0.15, 0.2) is 0 Å². The van der Waals surface area contributed by atoms with Gasteiger partial charge in [-0.25, -0.2) is 4.98 Å². The molecule has 1 heterocycles. The van der Waals surface area contributed by atoms with E-state index in [4.69, 9.17) is 4.74 Å². The molecular weight excluding hydrogens is 192 g/mol. The van der Waals surface area contributed by atoms with Crippen molar-refractivity contribution in [3.63, 3.8) is 0 Å². The van der Waals surface area contributed by atoms with Crippen molar-refractivity contribution >= 4 is 0 Å². The van der Waals surface area contributed by atoms with Crippen molar-refractivity contribution in [2.45, 2.75) is 31.8 Å². The Labute approximate surface area is 90.9 Å². The molecule has 0 saturated heterocycles. The van der Waals surface area contributed by atoms with Crippen molar-refractivity contribution in [3.05, 3.63) is 18.2 Å². The van der Waals surface area contributed by atoms with Crippen LogP contribution in [0.4, 0.5) is 0 Å². The Morgan fingerprint density at radius 3 is 2.80 bits per heavy atom. The third-order valence-electron chi connectivity index (χ3n) is 2.65. The lowest BCUT2D eigenvalue weighted by Crippen LogP contribution is -2.27. The molecule has 0 bridgehead atoms. The average Bonchev–Trinajstić information content (AvgIpc) is 2.58. The number of imidazole rings is 1. The van der Waals surface area contributed by atoms with E-state index < -0.39 is 5.60 Å². The maximum atomic E-state index is 10.0. The van der Waals surface area contributed by atoms with Crippen LogP contribution in [0.2, 0.25) is 0 Å². The van der Waals surface area contributed by atoms with Crippen LogP contribution in [0.25, 0.3) is 0 Å². The SMILES string of the molecule is COCCC(C)(O)CCc1nccn1C. The molecule has 0 saturated carbocycles. The molecule has 0 fully saturated rings. The summed E-state index contributed by atoms with van der Waals surface area (Å²) in [4.78, 5) is 4.22. The van der Waals surface area contributed by atoms with Crippen LogP contribution in [0.5, 0.6) is 0 Å². The molecule has 86 valence electrons. The fourth-order valence-electron chi connectivity index (χ4n) is 1.47. The first-order chi connectivity index (χ1) is 7.05. The second-order valence-corrected chi connectivity index (χ2v) is 4.19. The monoisotopic (exact) mass is 212 g/mol. The quantitative estimate of drug-likeness (QED) is 0.769. The number of methoxy groups -OCH3 is 1. The van der Waals surface area contributed by atoms with Gasteiger partial charge in [0.05, 0.1) is 5.60 Å². The molecule has 1 unspecified atom stereocenters. The number of nitrogens with zero attached hydrogens (tertiary/aromatic N) is 2. The zero-order chi connectivity index (χ0) is 11.3. The third kappa shape index (κ3) is 4.01. The van der Waals surface area contributed by atoms with E-state index in [1.54, 1.807) is 13.3 Å². The molecule has 0 aliphatic rings. The minimum absolute atomic E-state index is 0.591. The molecule has 4 heteroatoms. The molecule has 1 atom stereocenters. The van der Waals surface area contributed by atoms with Gasteiger partial charge >= 0.3 is 0 Å². The number of rotatable bonds is 6. The summed E-state index contributed by atoms with van der Waals surface area (Å²) in [7, 11) is 3.61. The van der Waals surface area contributed by atoms with Gasteiger partial charge in [0.1, 0.15) is 5.82 Å². The number of hydrogen-bond donors (Lipinski definition) is 1. The molecule has 0 spiro atoms. The third-order valence-corrected chi connectivity index (χ3v) is 2.65. The number of aliphatic hydroxyl groups is 1. The lowest BCUT2D eigenvalue weighted by atomic mass is 9.96. The molecule has 0 aromatic carbocycles. The van der Waals surface area contributed by atoms with Crippen LogP contribution in [-0.2, 0) is 18.2 Å². The van der Waals surface area contributed by atoms with Gasteiger partial charge in [0, 0.05) is 39.6 Å². The van der Waals surface area contributed by atoms with Gasteiger partial charge in [-0.1, -0.05) is 0 Å². The van der Waals surface area contributed by atoms with Crippen molar-refractivity contribution in [3.8, 4) is 0 Å². The molecule has 0 amide bonds. The highest BCUT2D eigenvalue weighted by Crippen LogP contribution is 2.16. The summed E-state index contributed by atoms with van der Waals surface area (Å²) in [5, 5.41) is 10.0. The zero-order valence-corrected chi connectivity index (χ0v) is 9.73. The number of ether oxygens (including phenoxy) is 1. The van der Waals surface area contributed by atoms with E-state index in [0.717, 1.165) is 12.2 Å². The van der Waals surface area contributed by atoms with Crippen LogP contribution in [0.3, 0.4) is 0 Å². The summed E-state index contributed by atoms with van der Waals surface area (Å²) in [6.07, 6.45) is 5.85. The van der Waals surface area contributed by atoms with Crippen molar-refractivity contribution in [1.29, 1.82) is 0 Å². The molecule has 1 aromatic rings. The molecule has 15 heavy (non-hydrogen) atoms. The van der Waals surface area contributed by atoms with E-state index >= 15 is 0 Å². The highest BCUT2D eigenvalue weighted by Gasteiger charge is 2.20. The van der Waals surface area contributed by atoms with E-state index in [-0.39, 0.29) is 0 Å². The van der Waals surface area contributed by atoms with E-state index in [9.17, 15) is 5.11 Å². The predicted molar refractivity (Wildman–Crippen MR) is 58.6 cm³/mol. The smallest absolute Gasteiger partial charge is 0.108 e. The number of aryl methyl sites for hydroxylation is 2. The van der Waals surface area contributed by atoms with Crippen LogP contribution < -0.4 is 0 Å². The fourth-order valence-corrected chi connectivity index (χ4v) is 1.47. The van der Waals surface area contributed by atoms with Crippen molar-refractivity contribution in [2.24, 2.45) is 7.05 Å². The summed E-state index contributed by atoms with van der Waals surface area (Å²) in [6, 6.07) is 0. The minimum atomic E-state index is -0.665. The van der Waals surface area contributed by atoms with E-state index in [0.29, 0.717) is 19.4 Å². The highest BCUT2D eigenvalue weighted by molar-refractivity contribution is 4.92. The summed E-state index contributed by atoms with van der Waals surface area (Å²) in [5.74, 6) is 1.01. The van der Waals surface area contributed by atoms with Crippen molar-refractivity contribution in [2.75, 3.05) is 13.7 Å². The van der Waals surface area contributed by atoms with Crippen molar-refractivity contribution in [1.82, 2.24) is 9.55 Å². The van der Waals surface area contributed by atoms with E-state index in [1.807, 2.05) is 24.7 Å².